The zero-order valence-corrected chi connectivity index (χ0v) is 12.4. The number of amides is 2. The molecule has 0 aromatic heterocycles. The topological polar surface area (TPSA) is 79.2 Å². The van der Waals surface area contributed by atoms with Crippen LogP contribution >= 0.6 is 0 Å². The highest BCUT2D eigenvalue weighted by Gasteiger charge is 2.35. The molecule has 0 unspecified atom stereocenters. The Hall–Kier alpha value is -3.15. The van der Waals surface area contributed by atoms with Crippen molar-refractivity contribution in [2.24, 2.45) is 5.10 Å². The van der Waals surface area contributed by atoms with Crippen molar-refractivity contribution in [3.63, 3.8) is 0 Å². The standard InChI is InChI=1S/C17H14N2O4/c1-2-23-15-9-11(7-8-14(15)20)10-18-19-16(21)12-5-3-4-6-13(12)17(19)22/h3-10,20H,2H2,1H3/b18-10-. The highest BCUT2D eigenvalue weighted by Crippen LogP contribution is 2.27. The van der Waals surface area contributed by atoms with Gasteiger partial charge in [-0.15, -0.1) is 0 Å². The maximum atomic E-state index is 12.2. The van der Waals surface area contributed by atoms with E-state index in [1.165, 1.54) is 12.3 Å². The van der Waals surface area contributed by atoms with Crippen LogP contribution in [0.15, 0.2) is 47.6 Å². The molecule has 1 aliphatic heterocycles. The van der Waals surface area contributed by atoms with Gasteiger partial charge in [0.1, 0.15) is 0 Å². The fourth-order valence-electron chi connectivity index (χ4n) is 2.29. The molecular formula is C17H14N2O4. The maximum Gasteiger partial charge on any atom is 0.282 e. The molecule has 2 amide bonds. The first-order valence-electron chi connectivity index (χ1n) is 7.09. The van der Waals surface area contributed by atoms with Crippen molar-refractivity contribution in [1.29, 1.82) is 0 Å². The van der Waals surface area contributed by atoms with Crippen molar-refractivity contribution < 1.29 is 19.4 Å². The Bertz CT molecular complexity index is 779. The minimum absolute atomic E-state index is 0.0183. The van der Waals surface area contributed by atoms with E-state index in [0.717, 1.165) is 5.01 Å². The molecule has 0 spiro atoms. The van der Waals surface area contributed by atoms with E-state index in [1.807, 2.05) is 0 Å². The smallest absolute Gasteiger partial charge is 0.282 e. The van der Waals surface area contributed by atoms with Crippen LogP contribution in [0, 0.1) is 0 Å². The lowest BCUT2D eigenvalue weighted by molar-refractivity contribution is 0.0660. The van der Waals surface area contributed by atoms with Crippen molar-refractivity contribution in [3.05, 3.63) is 59.2 Å². The summed E-state index contributed by atoms with van der Waals surface area (Å²) in [6, 6.07) is 11.3. The lowest BCUT2D eigenvalue weighted by Crippen LogP contribution is -2.23. The van der Waals surface area contributed by atoms with Crippen LogP contribution in [0.25, 0.3) is 0 Å². The van der Waals surface area contributed by atoms with E-state index in [0.29, 0.717) is 29.0 Å². The number of nitrogens with zero attached hydrogens (tertiary/aromatic N) is 2. The van der Waals surface area contributed by atoms with Gasteiger partial charge in [0.05, 0.1) is 23.9 Å². The summed E-state index contributed by atoms with van der Waals surface area (Å²) in [5.41, 5.74) is 1.29. The number of carbonyl (C=O) groups is 2. The molecule has 0 aliphatic carbocycles. The third kappa shape index (κ3) is 2.66. The second-order valence-electron chi connectivity index (χ2n) is 4.87. The van der Waals surface area contributed by atoms with Gasteiger partial charge in [0, 0.05) is 0 Å². The van der Waals surface area contributed by atoms with Crippen LogP contribution in [0.1, 0.15) is 33.2 Å². The number of carbonyl (C=O) groups excluding carboxylic acids is 2. The largest absolute Gasteiger partial charge is 0.504 e. The number of hydrogen-bond donors (Lipinski definition) is 1. The Kier molecular flexibility index (Phi) is 3.80. The molecule has 1 heterocycles. The third-order valence-electron chi connectivity index (χ3n) is 3.38. The number of hydrazone groups is 1. The Morgan fingerprint density at radius 2 is 1.78 bits per heavy atom. The molecule has 0 atom stereocenters. The zero-order valence-electron chi connectivity index (χ0n) is 12.4. The van der Waals surface area contributed by atoms with Gasteiger partial charge in [-0.2, -0.15) is 10.1 Å². The van der Waals surface area contributed by atoms with Crippen molar-refractivity contribution in [3.8, 4) is 11.5 Å². The van der Waals surface area contributed by atoms with Gasteiger partial charge in [-0.1, -0.05) is 12.1 Å². The average Bonchev–Trinajstić information content (AvgIpc) is 2.80. The van der Waals surface area contributed by atoms with Gasteiger partial charge in [-0.25, -0.2) is 0 Å². The number of aromatic hydroxyl groups is 1. The van der Waals surface area contributed by atoms with E-state index in [1.54, 1.807) is 43.3 Å². The molecule has 2 aromatic rings. The van der Waals surface area contributed by atoms with E-state index in [2.05, 4.69) is 5.10 Å². The summed E-state index contributed by atoms with van der Waals surface area (Å²) in [6.07, 6.45) is 1.38. The molecule has 0 fully saturated rings. The van der Waals surface area contributed by atoms with Crippen molar-refractivity contribution in [2.45, 2.75) is 6.92 Å². The fourth-order valence-corrected chi connectivity index (χ4v) is 2.29. The maximum absolute atomic E-state index is 12.2. The van der Waals surface area contributed by atoms with Crippen LogP contribution in [-0.2, 0) is 0 Å². The number of rotatable bonds is 4. The summed E-state index contributed by atoms with van der Waals surface area (Å²) >= 11 is 0. The first-order chi connectivity index (χ1) is 11.1. The Morgan fingerprint density at radius 3 is 2.39 bits per heavy atom. The summed E-state index contributed by atoms with van der Waals surface area (Å²) in [7, 11) is 0. The summed E-state index contributed by atoms with van der Waals surface area (Å²) in [5.74, 6) is -0.570. The lowest BCUT2D eigenvalue weighted by atomic mass is 10.1. The van der Waals surface area contributed by atoms with Gasteiger partial charge >= 0.3 is 0 Å². The molecule has 0 radical (unpaired) electrons. The van der Waals surface area contributed by atoms with Crippen LogP contribution < -0.4 is 4.74 Å². The molecule has 0 bridgehead atoms. The predicted octanol–water partition coefficient (Wildman–Crippen LogP) is 2.42. The zero-order chi connectivity index (χ0) is 16.4. The molecule has 6 nitrogen and oxygen atoms in total. The van der Waals surface area contributed by atoms with Crippen molar-refractivity contribution in [2.75, 3.05) is 6.61 Å². The quantitative estimate of drug-likeness (QED) is 0.695. The SMILES string of the molecule is CCOc1cc(/C=N\N2C(=O)c3ccccc3C2=O)ccc1O. The van der Waals surface area contributed by atoms with Crippen LogP contribution in [0.5, 0.6) is 11.5 Å². The summed E-state index contributed by atoms with van der Waals surface area (Å²) in [5, 5.41) is 14.5. The molecule has 3 rings (SSSR count). The second-order valence-corrected chi connectivity index (χ2v) is 4.87. The summed E-state index contributed by atoms with van der Waals surface area (Å²) in [4.78, 5) is 24.4. The van der Waals surface area contributed by atoms with Gasteiger partial charge in [-0.05, 0) is 42.8 Å². The highest BCUT2D eigenvalue weighted by molar-refractivity contribution is 6.21. The first kappa shape index (κ1) is 14.8. The Labute approximate surface area is 132 Å². The molecule has 0 saturated carbocycles. The van der Waals surface area contributed by atoms with Crippen LogP contribution in [-0.4, -0.2) is 34.8 Å². The van der Waals surface area contributed by atoms with E-state index in [4.69, 9.17) is 4.74 Å². The number of ether oxygens (including phenoxy) is 1. The third-order valence-corrected chi connectivity index (χ3v) is 3.38. The average molecular weight is 310 g/mol. The number of fused-ring (bicyclic) bond motifs is 1. The monoisotopic (exact) mass is 310 g/mol. The molecule has 116 valence electrons. The van der Waals surface area contributed by atoms with Gasteiger partial charge in [0.25, 0.3) is 11.8 Å². The summed E-state index contributed by atoms with van der Waals surface area (Å²) in [6.45, 7) is 2.21. The number of phenolic OH excluding ortho intramolecular Hbond substituents is 1. The van der Waals surface area contributed by atoms with Gasteiger partial charge < -0.3 is 9.84 Å². The number of imide groups is 1. The van der Waals surface area contributed by atoms with Gasteiger partial charge in [-0.3, -0.25) is 9.59 Å². The van der Waals surface area contributed by atoms with E-state index in [9.17, 15) is 14.7 Å². The molecule has 6 heteroatoms. The fraction of sp³-hybridized carbons (Fsp3) is 0.118. The van der Waals surface area contributed by atoms with Gasteiger partial charge in [0.2, 0.25) is 0 Å². The molecule has 1 aliphatic rings. The minimum Gasteiger partial charge on any atom is -0.504 e. The van der Waals surface area contributed by atoms with Crippen molar-refractivity contribution in [1.82, 2.24) is 5.01 Å². The van der Waals surface area contributed by atoms with E-state index in [-0.39, 0.29) is 5.75 Å². The van der Waals surface area contributed by atoms with Crippen LogP contribution in [0.3, 0.4) is 0 Å². The molecule has 1 N–H and O–H groups in total. The predicted molar refractivity (Wildman–Crippen MR) is 83.8 cm³/mol. The molecular weight excluding hydrogens is 296 g/mol. The summed E-state index contributed by atoms with van der Waals surface area (Å²) < 4.78 is 5.28. The van der Waals surface area contributed by atoms with Crippen LogP contribution in [0.2, 0.25) is 0 Å². The number of phenols is 1. The molecule has 2 aromatic carbocycles. The Morgan fingerprint density at radius 1 is 1.13 bits per heavy atom. The molecule has 23 heavy (non-hydrogen) atoms. The van der Waals surface area contributed by atoms with Gasteiger partial charge in [0.15, 0.2) is 11.5 Å². The second kappa shape index (κ2) is 5.92. The normalized spacial score (nSPS) is 13.7. The highest BCUT2D eigenvalue weighted by atomic mass is 16.5. The first-order valence-corrected chi connectivity index (χ1v) is 7.09. The Balaban J connectivity index is 1.86. The lowest BCUT2D eigenvalue weighted by Gasteiger charge is -2.07. The minimum atomic E-state index is -0.453. The van der Waals surface area contributed by atoms with Crippen LogP contribution in [0.4, 0.5) is 0 Å². The van der Waals surface area contributed by atoms with Crippen molar-refractivity contribution >= 4 is 18.0 Å². The van der Waals surface area contributed by atoms with E-state index < -0.39 is 11.8 Å². The molecule has 0 saturated heterocycles. The number of benzene rings is 2. The van der Waals surface area contributed by atoms with E-state index >= 15 is 0 Å². The number of hydrogen-bond acceptors (Lipinski definition) is 5.